The van der Waals surface area contributed by atoms with Crippen LogP contribution in [0.4, 0.5) is 0 Å². The van der Waals surface area contributed by atoms with Gasteiger partial charge < -0.3 is 24.6 Å². The average Bonchev–Trinajstić information content (AvgIpc) is 3.18. The second-order valence-electron chi connectivity index (χ2n) is 7.32. The number of ketones is 2. The van der Waals surface area contributed by atoms with Crippen LogP contribution in [0.2, 0.25) is 0 Å². The summed E-state index contributed by atoms with van der Waals surface area (Å²) < 4.78 is 16.2. The Labute approximate surface area is 146 Å². The Hall–Kier alpha value is -1.86. The van der Waals surface area contributed by atoms with E-state index < -0.39 is 22.5 Å². The third kappa shape index (κ3) is 1.55. The number of aliphatic hydroxyl groups excluding tert-OH is 1. The van der Waals surface area contributed by atoms with Gasteiger partial charge in [0, 0.05) is 17.9 Å². The Morgan fingerprint density at radius 3 is 2.48 bits per heavy atom. The van der Waals surface area contributed by atoms with Crippen molar-refractivity contribution in [1.82, 2.24) is 5.32 Å². The fourth-order valence-corrected chi connectivity index (χ4v) is 6.03. The van der Waals surface area contributed by atoms with Gasteiger partial charge in [-0.1, -0.05) is 0 Å². The van der Waals surface area contributed by atoms with Crippen LogP contribution in [0, 0.1) is 10.8 Å². The first-order chi connectivity index (χ1) is 11.9. The second kappa shape index (κ2) is 5.08. The van der Waals surface area contributed by atoms with E-state index in [9.17, 15) is 14.7 Å². The molecule has 1 aliphatic heterocycles. The van der Waals surface area contributed by atoms with Crippen molar-refractivity contribution >= 4 is 11.6 Å². The molecule has 0 aromatic rings. The standard InChI is InChI=1S/C18H23NO6/c1-23-11-8-12(21)17(14(11)22)4-5-18-15(25-3)13(24-2)10(20)9-16(17,18)6-7-19-18/h8,14,19,22H,4-7,9H2,1-3H3/t14-,16+,17?,18-/m1/s1. The number of carbonyl (C=O) groups excluding carboxylic acids is 2. The topological polar surface area (TPSA) is 94.1 Å². The predicted molar refractivity (Wildman–Crippen MR) is 86.2 cm³/mol. The Balaban J connectivity index is 1.95. The third-order valence-electron chi connectivity index (χ3n) is 6.95. The Bertz CT molecular complexity index is 727. The highest BCUT2D eigenvalue weighted by atomic mass is 16.5. The van der Waals surface area contributed by atoms with E-state index in [-0.39, 0.29) is 29.5 Å². The fourth-order valence-electron chi connectivity index (χ4n) is 6.03. The normalized spacial score (nSPS) is 42.6. The highest BCUT2D eigenvalue weighted by Gasteiger charge is 2.79. The minimum absolute atomic E-state index is 0.143. The maximum atomic E-state index is 13.1. The molecule has 7 heteroatoms. The highest BCUT2D eigenvalue weighted by molar-refractivity contribution is 6.03. The SMILES string of the molecule is COC1=CC(=O)C2(CC[C@]34NCC[C@]23CC(=O)C(OC)=C4OC)[C@@H]1O. The van der Waals surface area contributed by atoms with Gasteiger partial charge in [-0.15, -0.1) is 0 Å². The lowest BCUT2D eigenvalue weighted by Gasteiger charge is -2.51. The molecule has 1 heterocycles. The average molecular weight is 349 g/mol. The maximum absolute atomic E-state index is 13.1. The molecule has 0 amide bonds. The summed E-state index contributed by atoms with van der Waals surface area (Å²) in [5.41, 5.74) is -2.51. The number of ether oxygens (including phenoxy) is 3. The van der Waals surface area contributed by atoms with Gasteiger partial charge in [0.2, 0.25) is 11.5 Å². The van der Waals surface area contributed by atoms with Crippen LogP contribution in [-0.4, -0.2) is 56.2 Å². The van der Waals surface area contributed by atoms with Crippen LogP contribution in [0.5, 0.6) is 0 Å². The first-order valence-electron chi connectivity index (χ1n) is 8.53. The van der Waals surface area contributed by atoms with Crippen LogP contribution in [0.3, 0.4) is 0 Å². The van der Waals surface area contributed by atoms with Crippen molar-refractivity contribution in [3.63, 3.8) is 0 Å². The second-order valence-corrected chi connectivity index (χ2v) is 7.32. The van der Waals surface area contributed by atoms with Gasteiger partial charge in [0.05, 0.1) is 32.3 Å². The molecule has 2 N–H and O–H groups in total. The number of nitrogens with one attached hydrogen (secondary N) is 1. The molecule has 0 aromatic heterocycles. The number of carbonyl (C=O) groups is 2. The summed E-state index contributed by atoms with van der Waals surface area (Å²) in [4.78, 5) is 25.9. The zero-order valence-corrected chi connectivity index (χ0v) is 14.7. The molecule has 1 saturated carbocycles. The van der Waals surface area contributed by atoms with Crippen molar-refractivity contribution < 1.29 is 28.9 Å². The quantitative estimate of drug-likeness (QED) is 0.763. The minimum atomic E-state index is -1.07. The molecule has 25 heavy (non-hydrogen) atoms. The minimum Gasteiger partial charge on any atom is -0.498 e. The van der Waals surface area contributed by atoms with Gasteiger partial charge in [-0.3, -0.25) is 9.59 Å². The lowest BCUT2D eigenvalue weighted by atomic mass is 9.52. The smallest absolute Gasteiger partial charge is 0.201 e. The molecule has 2 fully saturated rings. The molecule has 4 rings (SSSR count). The monoisotopic (exact) mass is 349 g/mol. The molecule has 0 bridgehead atoms. The molecule has 136 valence electrons. The van der Waals surface area contributed by atoms with Crippen LogP contribution < -0.4 is 5.32 Å². The third-order valence-corrected chi connectivity index (χ3v) is 6.95. The van der Waals surface area contributed by atoms with Gasteiger partial charge in [0.15, 0.2) is 11.5 Å². The lowest BCUT2D eigenvalue weighted by Crippen LogP contribution is -2.62. The molecule has 4 atom stereocenters. The van der Waals surface area contributed by atoms with Crippen LogP contribution in [0.15, 0.2) is 23.4 Å². The summed E-state index contributed by atoms with van der Waals surface area (Å²) in [7, 11) is 4.42. The summed E-state index contributed by atoms with van der Waals surface area (Å²) >= 11 is 0. The lowest BCUT2D eigenvalue weighted by molar-refractivity contribution is -0.146. The highest BCUT2D eigenvalue weighted by Crippen LogP contribution is 2.71. The van der Waals surface area contributed by atoms with Gasteiger partial charge in [-0.2, -0.15) is 0 Å². The summed E-state index contributed by atoms with van der Waals surface area (Å²) in [6.45, 7) is 0.640. The molecule has 7 nitrogen and oxygen atoms in total. The van der Waals surface area contributed by atoms with Crippen LogP contribution in [0.1, 0.15) is 25.7 Å². The predicted octanol–water partition coefficient (Wildman–Crippen LogP) is 0.436. The van der Waals surface area contributed by atoms with Crippen molar-refractivity contribution in [3.8, 4) is 0 Å². The van der Waals surface area contributed by atoms with Crippen molar-refractivity contribution in [1.29, 1.82) is 0 Å². The Morgan fingerprint density at radius 1 is 1.12 bits per heavy atom. The molecule has 1 unspecified atom stereocenters. The summed E-state index contributed by atoms with van der Waals surface area (Å²) in [5, 5.41) is 14.5. The molecular weight excluding hydrogens is 326 g/mol. The number of hydrogen-bond donors (Lipinski definition) is 2. The van der Waals surface area contributed by atoms with Gasteiger partial charge in [0.25, 0.3) is 0 Å². The molecule has 1 spiro atoms. The van der Waals surface area contributed by atoms with Crippen molar-refractivity contribution in [3.05, 3.63) is 23.4 Å². The van der Waals surface area contributed by atoms with E-state index in [1.54, 1.807) is 0 Å². The van der Waals surface area contributed by atoms with E-state index in [0.717, 1.165) is 0 Å². The van der Waals surface area contributed by atoms with E-state index in [2.05, 4.69) is 5.32 Å². The van der Waals surface area contributed by atoms with Crippen LogP contribution in [-0.2, 0) is 23.8 Å². The molecule has 4 aliphatic rings. The molecule has 0 aromatic carbocycles. The zero-order valence-electron chi connectivity index (χ0n) is 14.7. The van der Waals surface area contributed by atoms with Gasteiger partial charge in [-0.05, 0) is 25.8 Å². The number of hydrogen-bond acceptors (Lipinski definition) is 7. The van der Waals surface area contributed by atoms with E-state index in [0.29, 0.717) is 31.6 Å². The summed E-state index contributed by atoms with van der Waals surface area (Å²) in [5.74, 6) is 0.586. The Kier molecular flexibility index (Phi) is 3.37. The first-order valence-corrected chi connectivity index (χ1v) is 8.53. The molecular formula is C18H23NO6. The number of methoxy groups -OCH3 is 3. The van der Waals surface area contributed by atoms with E-state index in [4.69, 9.17) is 14.2 Å². The molecule has 1 saturated heterocycles. The maximum Gasteiger partial charge on any atom is 0.201 e. The number of Topliss-reactive ketones (excluding diaryl/α,β-unsaturated/α-hetero) is 1. The summed E-state index contributed by atoms with van der Waals surface area (Å²) in [6.07, 6.45) is 2.13. The zero-order chi connectivity index (χ0) is 18.0. The largest absolute Gasteiger partial charge is 0.498 e. The van der Waals surface area contributed by atoms with E-state index in [1.807, 2.05) is 0 Å². The first kappa shape index (κ1) is 16.6. The number of allylic oxidation sites excluding steroid dienone is 2. The number of rotatable bonds is 3. The van der Waals surface area contributed by atoms with Gasteiger partial charge >= 0.3 is 0 Å². The molecule has 0 radical (unpaired) electrons. The fraction of sp³-hybridized carbons (Fsp3) is 0.667. The van der Waals surface area contributed by atoms with Crippen LogP contribution >= 0.6 is 0 Å². The summed E-state index contributed by atoms with van der Waals surface area (Å²) in [6, 6.07) is 0. The van der Waals surface area contributed by atoms with Crippen molar-refractivity contribution in [2.45, 2.75) is 37.3 Å². The van der Waals surface area contributed by atoms with Gasteiger partial charge in [-0.25, -0.2) is 0 Å². The van der Waals surface area contributed by atoms with Crippen molar-refractivity contribution in [2.24, 2.45) is 10.8 Å². The molecule has 3 aliphatic carbocycles. The van der Waals surface area contributed by atoms with Crippen molar-refractivity contribution in [2.75, 3.05) is 27.9 Å². The van der Waals surface area contributed by atoms with E-state index in [1.165, 1.54) is 27.4 Å². The van der Waals surface area contributed by atoms with E-state index >= 15 is 0 Å². The number of aliphatic hydroxyl groups is 1. The van der Waals surface area contributed by atoms with Gasteiger partial charge in [0.1, 0.15) is 11.9 Å². The van der Waals surface area contributed by atoms with Crippen LogP contribution in [0.25, 0.3) is 0 Å². The Morgan fingerprint density at radius 2 is 1.88 bits per heavy atom.